The fourth-order valence-corrected chi connectivity index (χ4v) is 3.39. The molecule has 1 N–H and O–H groups in total. The molecule has 0 aromatic heterocycles. The quantitative estimate of drug-likeness (QED) is 0.675. The standard InChI is InChI=1S/C22H17FO5/c1-26-21-9-14-12(7-19(21)24)11-28-20-10-15(13-5-3-4-6-18(13)23)17(8-16(14)20)22(25)27-2/h3-10,24H,11H2,1-2H3. The van der Waals surface area contributed by atoms with Crippen LogP contribution in [0, 0.1) is 5.82 Å². The minimum Gasteiger partial charge on any atom is -0.504 e. The Bertz CT molecular complexity index is 1090. The number of rotatable bonds is 3. The summed E-state index contributed by atoms with van der Waals surface area (Å²) >= 11 is 0. The van der Waals surface area contributed by atoms with Crippen LogP contribution >= 0.6 is 0 Å². The molecular formula is C22H17FO5. The summed E-state index contributed by atoms with van der Waals surface area (Å²) in [5, 5.41) is 10.0. The number of phenols is 1. The van der Waals surface area contributed by atoms with Gasteiger partial charge in [-0.05, 0) is 35.9 Å². The number of fused-ring (bicyclic) bond motifs is 3. The summed E-state index contributed by atoms with van der Waals surface area (Å²) < 4.78 is 30.3. The predicted molar refractivity (Wildman–Crippen MR) is 101 cm³/mol. The van der Waals surface area contributed by atoms with E-state index >= 15 is 0 Å². The Morgan fingerprint density at radius 2 is 1.82 bits per heavy atom. The molecule has 0 spiro atoms. The van der Waals surface area contributed by atoms with Crippen molar-refractivity contribution in [3.63, 3.8) is 0 Å². The van der Waals surface area contributed by atoms with Crippen molar-refractivity contribution in [3.8, 4) is 39.5 Å². The molecule has 1 aliphatic rings. The molecule has 1 heterocycles. The zero-order valence-electron chi connectivity index (χ0n) is 15.3. The van der Waals surface area contributed by atoms with Crippen LogP contribution in [0.2, 0.25) is 0 Å². The van der Waals surface area contributed by atoms with Gasteiger partial charge in [0.25, 0.3) is 0 Å². The normalized spacial score (nSPS) is 11.8. The van der Waals surface area contributed by atoms with Crippen LogP contribution in [0.5, 0.6) is 17.2 Å². The molecule has 0 saturated heterocycles. The molecule has 4 rings (SSSR count). The molecule has 0 amide bonds. The van der Waals surface area contributed by atoms with Crippen LogP contribution in [0.25, 0.3) is 22.3 Å². The van der Waals surface area contributed by atoms with Gasteiger partial charge in [0.15, 0.2) is 11.5 Å². The highest BCUT2D eigenvalue weighted by Crippen LogP contribution is 2.45. The summed E-state index contributed by atoms with van der Waals surface area (Å²) in [6.45, 7) is 0.230. The molecule has 3 aromatic rings. The smallest absolute Gasteiger partial charge is 0.338 e. The summed E-state index contributed by atoms with van der Waals surface area (Å²) in [5.41, 5.74) is 3.04. The largest absolute Gasteiger partial charge is 0.504 e. The molecule has 28 heavy (non-hydrogen) atoms. The van der Waals surface area contributed by atoms with Gasteiger partial charge in [0.05, 0.1) is 19.8 Å². The number of methoxy groups -OCH3 is 2. The molecule has 3 aromatic carbocycles. The van der Waals surface area contributed by atoms with Crippen molar-refractivity contribution in [2.24, 2.45) is 0 Å². The van der Waals surface area contributed by atoms with Gasteiger partial charge in [0, 0.05) is 22.3 Å². The molecule has 6 heteroatoms. The number of phenolic OH excluding ortho intramolecular Hbond substituents is 1. The number of halogens is 1. The lowest BCUT2D eigenvalue weighted by atomic mass is 9.90. The van der Waals surface area contributed by atoms with E-state index in [1.165, 1.54) is 20.3 Å². The van der Waals surface area contributed by atoms with Gasteiger partial charge in [-0.15, -0.1) is 0 Å². The van der Waals surface area contributed by atoms with Gasteiger partial charge in [-0.2, -0.15) is 0 Å². The zero-order chi connectivity index (χ0) is 19.8. The molecule has 0 unspecified atom stereocenters. The second kappa shape index (κ2) is 6.88. The lowest BCUT2D eigenvalue weighted by Gasteiger charge is -2.24. The van der Waals surface area contributed by atoms with Crippen molar-refractivity contribution in [3.05, 3.63) is 65.5 Å². The maximum Gasteiger partial charge on any atom is 0.338 e. The molecule has 5 nitrogen and oxygen atoms in total. The number of aromatic hydroxyl groups is 1. The molecule has 0 bridgehead atoms. The minimum absolute atomic E-state index is 0.00414. The maximum atomic E-state index is 14.4. The first-order valence-electron chi connectivity index (χ1n) is 8.57. The van der Waals surface area contributed by atoms with Crippen LogP contribution in [0.3, 0.4) is 0 Å². The molecule has 142 valence electrons. The lowest BCUT2D eigenvalue weighted by Crippen LogP contribution is -2.10. The fourth-order valence-electron chi connectivity index (χ4n) is 3.39. The Morgan fingerprint density at radius 3 is 2.54 bits per heavy atom. The molecule has 0 fully saturated rings. The van der Waals surface area contributed by atoms with Gasteiger partial charge in [-0.25, -0.2) is 9.18 Å². The van der Waals surface area contributed by atoms with Crippen LogP contribution in [0.15, 0.2) is 48.5 Å². The van der Waals surface area contributed by atoms with Crippen LogP contribution < -0.4 is 9.47 Å². The number of carbonyl (C=O) groups is 1. The van der Waals surface area contributed by atoms with Crippen LogP contribution in [-0.4, -0.2) is 25.3 Å². The highest BCUT2D eigenvalue weighted by molar-refractivity contribution is 6.00. The average Bonchev–Trinajstić information content (AvgIpc) is 2.72. The maximum absolute atomic E-state index is 14.4. The zero-order valence-corrected chi connectivity index (χ0v) is 15.3. The second-order valence-corrected chi connectivity index (χ2v) is 6.34. The third-order valence-electron chi connectivity index (χ3n) is 4.77. The Morgan fingerprint density at radius 1 is 1.04 bits per heavy atom. The number of esters is 1. The van der Waals surface area contributed by atoms with Gasteiger partial charge >= 0.3 is 5.97 Å². The Labute approximate surface area is 160 Å². The van der Waals surface area contributed by atoms with E-state index in [0.717, 1.165) is 11.1 Å². The average molecular weight is 380 g/mol. The van der Waals surface area contributed by atoms with E-state index in [1.807, 2.05) is 0 Å². The molecule has 0 atom stereocenters. The van der Waals surface area contributed by atoms with E-state index in [0.29, 0.717) is 22.6 Å². The van der Waals surface area contributed by atoms with Crippen LogP contribution in [0.1, 0.15) is 15.9 Å². The lowest BCUT2D eigenvalue weighted by molar-refractivity contribution is 0.0601. The summed E-state index contributed by atoms with van der Waals surface area (Å²) in [4.78, 5) is 12.4. The highest BCUT2D eigenvalue weighted by atomic mass is 19.1. The van der Waals surface area contributed by atoms with Gasteiger partial charge in [0.1, 0.15) is 18.2 Å². The first kappa shape index (κ1) is 17.9. The number of carbonyl (C=O) groups excluding carboxylic acids is 1. The van der Waals surface area contributed by atoms with Gasteiger partial charge < -0.3 is 19.3 Å². The van der Waals surface area contributed by atoms with Crippen LogP contribution in [-0.2, 0) is 11.3 Å². The first-order chi connectivity index (χ1) is 13.5. The van der Waals surface area contributed by atoms with E-state index < -0.39 is 11.8 Å². The monoisotopic (exact) mass is 380 g/mol. The summed E-state index contributed by atoms with van der Waals surface area (Å²) in [6, 6.07) is 12.7. The van der Waals surface area contributed by atoms with Crippen molar-refractivity contribution in [2.45, 2.75) is 6.61 Å². The predicted octanol–water partition coefficient (Wildman–Crippen LogP) is 4.55. The van der Waals surface area contributed by atoms with Crippen molar-refractivity contribution >= 4 is 5.97 Å². The van der Waals surface area contributed by atoms with E-state index in [9.17, 15) is 14.3 Å². The molecule has 0 radical (unpaired) electrons. The van der Waals surface area contributed by atoms with Crippen molar-refractivity contribution < 1.29 is 28.5 Å². The van der Waals surface area contributed by atoms with Gasteiger partial charge in [-0.1, -0.05) is 18.2 Å². The Balaban J connectivity index is 1.98. The number of hydrogen-bond donors (Lipinski definition) is 1. The SMILES string of the molecule is COC(=O)c1cc2c(cc1-c1ccccc1F)OCc1cc(O)c(OC)cc1-2. The third-order valence-corrected chi connectivity index (χ3v) is 4.77. The summed E-state index contributed by atoms with van der Waals surface area (Å²) in [5.74, 6) is -0.214. The minimum atomic E-state index is -0.584. The second-order valence-electron chi connectivity index (χ2n) is 6.34. The van der Waals surface area contributed by atoms with E-state index in [2.05, 4.69) is 0 Å². The molecular weight excluding hydrogens is 363 g/mol. The van der Waals surface area contributed by atoms with Crippen molar-refractivity contribution in [1.82, 2.24) is 0 Å². The molecule has 0 saturated carbocycles. The van der Waals surface area contributed by atoms with Gasteiger partial charge in [-0.3, -0.25) is 0 Å². The fraction of sp³-hybridized carbons (Fsp3) is 0.136. The Hall–Kier alpha value is -3.54. The number of benzene rings is 3. The summed E-state index contributed by atoms with van der Waals surface area (Å²) in [7, 11) is 2.74. The number of ether oxygens (including phenoxy) is 3. The van der Waals surface area contributed by atoms with Gasteiger partial charge in [0.2, 0.25) is 0 Å². The molecule has 0 aliphatic carbocycles. The highest BCUT2D eigenvalue weighted by Gasteiger charge is 2.25. The van der Waals surface area contributed by atoms with Crippen LogP contribution in [0.4, 0.5) is 4.39 Å². The van der Waals surface area contributed by atoms with E-state index in [1.54, 1.807) is 42.5 Å². The van der Waals surface area contributed by atoms with Crippen molar-refractivity contribution in [1.29, 1.82) is 0 Å². The third kappa shape index (κ3) is 2.83. The Kier molecular flexibility index (Phi) is 4.39. The number of hydrogen-bond acceptors (Lipinski definition) is 5. The van der Waals surface area contributed by atoms with E-state index in [4.69, 9.17) is 14.2 Å². The molecule has 1 aliphatic heterocycles. The van der Waals surface area contributed by atoms with E-state index in [-0.39, 0.29) is 23.5 Å². The summed E-state index contributed by atoms with van der Waals surface area (Å²) in [6.07, 6.45) is 0. The van der Waals surface area contributed by atoms with Crippen molar-refractivity contribution in [2.75, 3.05) is 14.2 Å². The topological polar surface area (TPSA) is 65.0 Å². The first-order valence-corrected chi connectivity index (χ1v) is 8.57.